The SMILES string of the molecule is COC(c1cc(Cl)c2c(c1Cl)C(=O)N(Cc1c(C)cc(C)[nH]c1=O)CC2)C1CS(=O)(=O)C1. The Morgan fingerprint density at radius 1 is 1.22 bits per heavy atom. The number of fused-ring (bicyclic) bond motifs is 1. The van der Waals surface area contributed by atoms with Gasteiger partial charge in [-0.3, -0.25) is 9.59 Å². The Kier molecular flexibility index (Phi) is 6.17. The second kappa shape index (κ2) is 8.48. The highest BCUT2D eigenvalue weighted by Gasteiger charge is 2.42. The largest absolute Gasteiger partial charge is 0.376 e. The van der Waals surface area contributed by atoms with Crippen LogP contribution in [0.3, 0.4) is 0 Å². The van der Waals surface area contributed by atoms with Crippen LogP contribution in [0, 0.1) is 19.8 Å². The lowest BCUT2D eigenvalue weighted by Crippen LogP contribution is -2.41. The molecule has 0 saturated carbocycles. The minimum atomic E-state index is -3.06. The van der Waals surface area contributed by atoms with Crippen LogP contribution in [-0.2, 0) is 27.5 Å². The summed E-state index contributed by atoms with van der Waals surface area (Å²) >= 11 is 13.2. The van der Waals surface area contributed by atoms with Crippen molar-refractivity contribution in [2.75, 3.05) is 25.2 Å². The summed E-state index contributed by atoms with van der Waals surface area (Å²) in [5, 5.41) is 0.630. The second-order valence-corrected chi connectivity index (χ2v) is 11.5. The summed E-state index contributed by atoms with van der Waals surface area (Å²) in [4.78, 5) is 30.3. The normalized spacial score (nSPS) is 18.9. The number of carbonyl (C=O) groups excluding carboxylic acids is 1. The Balaban J connectivity index is 1.70. The highest BCUT2D eigenvalue weighted by atomic mass is 35.5. The number of benzene rings is 1. The summed E-state index contributed by atoms with van der Waals surface area (Å²) in [7, 11) is -1.58. The molecule has 7 nitrogen and oxygen atoms in total. The zero-order valence-electron chi connectivity index (χ0n) is 18.0. The van der Waals surface area contributed by atoms with Crippen molar-refractivity contribution in [3.8, 4) is 0 Å². The third-order valence-electron chi connectivity index (χ3n) is 6.25. The molecule has 2 aromatic rings. The quantitative estimate of drug-likeness (QED) is 0.682. The van der Waals surface area contributed by atoms with Crippen LogP contribution in [0.2, 0.25) is 10.0 Å². The van der Waals surface area contributed by atoms with E-state index in [9.17, 15) is 18.0 Å². The predicted octanol–water partition coefficient (Wildman–Crippen LogP) is 3.23. The molecular formula is C22H24Cl2N2O5S. The maximum atomic E-state index is 13.4. The lowest BCUT2D eigenvalue weighted by Gasteiger charge is -2.35. The Morgan fingerprint density at radius 3 is 2.50 bits per heavy atom. The number of aryl methyl sites for hydroxylation is 2. The summed E-state index contributed by atoms with van der Waals surface area (Å²) in [5.74, 6) is -0.548. The van der Waals surface area contributed by atoms with Crippen molar-refractivity contribution in [1.29, 1.82) is 0 Å². The number of ether oxygens (including phenoxy) is 1. The molecule has 1 atom stereocenters. The van der Waals surface area contributed by atoms with Crippen molar-refractivity contribution < 1.29 is 17.9 Å². The molecule has 1 fully saturated rings. The molecule has 2 aliphatic heterocycles. The zero-order chi connectivity index (χ0) is 23.4. The predicted molar refractivity (Wildman–Crippen MR) is 123 cm³/mol. The first-order valence-electron chi connectivity index (χ1n) is 10.2. The van der Waals surface area contributed by atoms with Crippen molar-refractivity contribution in [3.63, 3.8) is 0 Å². The molecule has 1 aromatic heterocycles. The number of carbonyl (C=O) groups is 1. The number of nitrogens with one attached hydrogen (secondary N) is 1. The van der Waals surface area contributed by atoms with E-state index in [1.807, 2.05) is 19.9 Å². The van der Waals surface area contributed by atoms with Crippen LogP contribution < -0.4 is 5.56 Å². The van der Waals surface area contributed by atoms with Crippen LogP contribution >= 0.6 is 23.2 Å². The number of aromatic amines is 1. The highest BCUT2D eigenvalue weighted by molar-refractivity contribution is 7.92. The molecule has 172 valence electrons. The molecule has 0 aliphatic carbocycles. The lowest BCUT2D eigenvalue weighted by molar-refractivity contribution is 0.0612. The molecule has 3 heterocycles. The molecule has 0 bridgehead atoms. The van der Waals surface area contributed by atoms with E-state index in [1.165, 1.54) is 7.11 Å². The van der Waals surface area contributed by atoms with Crippen LogP contribution in [0.1, 0.15) is 44.4 Å². The van der Waals surface area contributed by atoms with Crippen LogP contribution in [0.5, 0.6) is 0 Å². The van der Waals surface area contributed by atoms with Crippen LogP contribution in [0.25, 0.3) is 0 Å². The number of H-pyrrole nitrogens is 1. The van der Waals surface area contributed by atoms with E-state index < -0.39 is 15.9 Å². The maximum Gasteiger partial charge on any atom is 0.256 e. The second-order valence-electron chi connectivity index (χ2n) is 8.53. The van der Waals surface area contributed by atoms with Gasteiger partial charge in [-0.05, 0) is 43.5 Å². The summed E-state index contributed by atoms with van der Waals surface area (Å²) in [6, 6.07) is 3.55. The Labute approximate surface area is 196 Å². The number of sulfone groups is 1. The highest BCUT2D eigenvalue weighted by Crippen LogP contribution is 2.43. The smallest absolute Gasteiger partial charge is 0.256 e. The summed E-state index contributed by atoms with van der Waals surface area (Å²) in [6.45, 7) is 4.22. The monoisotopic (exact) mass is 498 g/mol. The van der Waals surface area contributed by atoms with Gasteiger partial charge in [-0.2, -0.15) is 0 Å². The van der Waals surface area contributed by atoms with Crippen molar-refractivity contribution in [3.05, 3.63) is 66.0 Å². The molecular weight excluding hydrogens is 475 g/mol. The van der Waals surface area contributed by atoms with Crippen molar-refractivity contribution >= 4 is 38.9 Å². The van der Waals surface area contributed by atoms with Gasteiger partial charge in [0.15, 0.2) is 9.84 Å². The van der Waals surface area contributed by atoms with Gasteiger partial charge in [0.1, 0.15) is 0 Å². The standard InChI is InChI=1S/C22H24Cl2N2O5S/c1-11-6-12(2)25-21(27)16(11)8-26-5-4-14-17(23)7-15(19(24)18(14)22(26)28)20(31-3)13-9-32(29,30)10-13/h6-7,13,20H,4-5,8-10H2,1-3H3,(H,25,27). The first-order valence-corrected chi connectivity index (χ1v) is 12.8. The molecule has 1 N–H and O–H groups in total. The lowest BCUT2D eigenvalue weighted by atomic mass is 9.90. The fourth-order valence-electron chi connectivity index (χ4n) is 4.64. The van der Waals surface area contributed by atoms with Crippen LogP contribution in [0.15, 0.2) is 16.9 Å². The van der Waals surface area contributed by atoms with Gasteiger partial charge in [0.25, 0.3) is 11.5 Å². The summed E-state index contributed by atoms with van der Waals surface area (Å²) < 4.78 is 28.9. The van der Waals surface area contributed by atoms with Crippen LogP contribution in [0.4, 0.5) is 0 Å². The number of rotatable bonds is 5. The molecule has 2 aliphatic rings. The van der Waals surface area contributed by atoms with E-state index in [1.54, 1.807) is 11.0 Å². The van der Waals surface area contributed by atoms with E-state index in [0.717, 1.165) is 11.3 Å². The Hall–Kier alpha value is -1.87. The van der Waals surface area contributed by atoms with Gasteiger partial charge in [-0.25, -0.2) is 8.42 Å². The number of aromatic nitrogens is 1. The third kappa shape index (κ3) is 4.09. The minimum absolute atomic E-state index is 0.00604. The van der Waals surface area contributed by atoms with Gasteiger partial charge in [0.2, 0.25) is 0 Å². The molecule has 10 heteroatoms. The summed E-state index contributed by atoms with van der Waals surface area (Å²) in [6.07, 6.45) is -0.0859. The Morgan fingerprint density at radius 2 is 1.91 bits per heavy atom. The number of hydrogen-bond donors (Lipinski definition) is 1. The van der Waals surface area contributed by atoms with E-state index >= 15 is 0 Å². The minimum Gasteiger partial charge on any atom is -0.376 e. The number of amides is 1. The maximum absolute atomic E-state index is 13.4. The topological polar surface area (TPSA) is 96.5 Å². The zero-order valence-corrected chi connectivity index (χ0v) is 20.3. The molecule has 1 aromatic carbocycles. The van der Waals surface area contributed by atoms with Crippen molar-refractivity contribution in [2.24, 2.45) is 5.92 Å². The average molecular weight is 499 g/mol. The van der Waals surface area contributed by atoms with Gasteiger partial charge < -0.3 is 14.6 Å². The number of pyridine rings is 1. The first-order chi connectivity index (χ1) is 15.0. The molecule has 32 heavy (non-hydrogen) atoms. The van der Waals surface area contributed by atoms with Gasteiger partial charge >= 0.3 is 0 Å². The van der Waals surface area contributed by atoms with E-state index in [0.29, 0.717) is 40.2 Å². The Bertz CT molecular complexity index is 1260. The van der Waals surface area contributed by atoms with E-state index in [-0.39, 0.29) is 40.5 Å². The number of hydrogen-bond acceptors (Lipinski definition) is 5. The number of methoxy groups -OCH3 is 1. The van der Waals surface area contributed by atoms with Gasteiger partial charge in [0.05, 0.1) is 34.7 Å². The third-order valence-corrected chi connectivity index (χ3v) is 8.86. The average Bonchev–Trinajstić information content (AvgIpc) is 2.68. The number of nitrogens with zero attached hydrogens (tertiary/aromatic N) is 1. The molecule has 4 rings (SSSR count). The fraction of sp³-hybridized carbons (Fsp3) is 0.455. The van der Waals surface area contributed by atoms with Crippen molar-refractivity contribution in [2.45, 2.75) is 32.9 Å². The van der Waals surface area contributed by atoms with Gasteiger partial charge in [-0.1, -0.05) is 23.2 Å². The number of halogens is 2. The van der Waals surface area contributed by atoms with Gasteiger partial charge in [0, 0.05) is 41.4 Å². The fourth-order valence-corrected chi connectivity index (χ4v) is 6.86. The molecule has 0 spiro atoms. The molecule has 1 amide bonds. The van der Waals surface area contributed by atoms with Crippen LogP contribution in [-0.4, -0.2) is 49.4 Å². The molecule has 1 saturated heterocycles. The summed E-state index contributed by atoms with van der Waals surface area (Å²) in [5.41, 5.74) is 3.35. The van der Waals surface area contributed by atoms with Gasteiger partial charge in [-0.15, -0.1) is 0 Å². The van der Waals surface area contributed by atoms with E-state index in [4.69, 9.17) is 27.9 Å². The molecule has 1 unspecified atom stereocenters. The molecule has 0 radical (unpaired) electrons. The van der Waals surface area contributed by atoms with Crippen molar-refractivity contribution in [1.82, 2.24) is 9.88 Å². The first kappa shape index (κ1) is 23.3. The van der Waals surface area contributed by atoms with E-state index in [2.05, 4.69) is 4.98 Å².